The molecule has 4 heteroatoms. The van der Waals surface area contributed by atoms with Gasteiger partial charge in [-0.3, -0.25) is 4.79 Å². The van der Waals surface area contributed by atoms with Gasteiger partial charge in [-0.25, -0.2) is 0 Å². The minimum Gasteiger partial charge on any atom is -0.480 e. The molecule has 0 aromatic heterocycles. The second-order valence-corrected chi connectivity index (χ2v) is 3.53. The van der Waals surface area contributed by atoms with Crippen LogP contribution in [0.3, 0.4) is 0 Å². The molecule has 1 atom stereocenters. The quantitative estimate of drug-likeness (QED) is 0.609. The van der Waals surface area contributed by atoms with Crippen LogP contribution in [0.2, 0.25) is 0 Å². The molecule has 0 amide bonds. The highest BCUT2D eigenvalue weighted by Gasteiger charge is 2.43. The average molecular weight is 158 g/mol. The summed E-state index contributed by atoms with van der Waals surface area (Å²) in [5.74, 6) is -1.01. The molecule has 0 bridgehead atoms. The van der Waals surface area contributed by atoms with E-state index in [1.807, 2.05) is 0 Å². The first-order valence-corrected chi connectivity index (χ1v) is 3.64. The molecule has 1 fully saturated rings. The van der Waals surface area contributed by atoms with Crippen LogP contribution in [0.4, 0.5) is 0 Å². The van der Waals surface area contributed by atoms with Crippen LogP contribution in [0, 0.1) is 0 Å². The third-order valence-corrected chi connectivity index (χ3v) is 2.19. The topological polar surface area (TPSA) is 60.4 Å². The first kappa shape index (κ1) is 8.49. The van der Waals surface area contributed by atoms with E-state index in [9.17, 15) is 10.0 Å². The Morgan fingerprint density at radius 3 is 2.36 bits per heavy atom. The molecule has 63 valence electrons. The molecule has 0 aromatic rings. The maximum absolute atomic E-state index is 11.2. The van der Waals surface area contributed by atoms with E-state index in [4.69, 9.17) is 5.11 Å². The first-order valence-electron chi connectivity index (χ1n) is 3.64. The Morgan fingerprint density at radius 2 is 2.18 bits per heavy atom. The Balaban J connectivity index is 2.71. The number of aliphatic carboxylic acids is 1. The minimum absolute atomic E-state index is 0.464. The van der Waals surface area contributed by atoms with Gasteiger partial charge >= 0.3 is 5.97 Å². The smallest absolute Gasteiger partial charge is 0.323 e. The number of hydrogen-bond donors (Lipinski definition) is 1. The number of carboxylic acids is 1. The predicted octanol–water partition coefficient (Wildman–Crippen LogP) is 0.659. The molecule has 1 heterocycles. The summed E-state index contributed by atoms with van der Waals surface area (Å²) < 4.78 is 0. The molecule has 1 aliphatic heterocycles. The molecule has 0 spiro atoms. The van der Waals surface area contributed by atoms with E-state index in [2.05, 4.69) is 0 Å². The van der Waals surface area contributed by atoms with Gasteiger partial charge < -0.3 is 5.11 Å². The molecule has 0 aromatic carbocycles. The molecule has 0 aliphatic carbocycles. The number of hydroxylamine groups is 2. The van der Waals surface area contributed by atoms with Crippen molar-refractivity contribution in [2.24, 2.45) is 0 Å². The van der Waals surface area contributed by atoms with Gasteiger partial charge in [0.1, 0.15) is 6.04 Å². The van der Waals surface area contributed by atoms with Gasteiger partial charge in [0.2, 0.25) is 0 Å². The fourth-order valence-corrected chi connectivity index (χ4v) is 1.36. The number of carbonyl (C=O) groups is 1. The summed E-state index contributed by atoms with van der Waals surface area (Å²) in [6.07, 6.45) is 1.12. The lowest BCUT2D eigenvalue weighted by Crippen LogP contribution is -2.42. The van der Waals surface area contributed by atoms with Crippen LogP contribution in [-0.2, 0) is 10.0 Å². The number of nitrogens with zero attached hydrogens (tertiary/aromatic N) is 1. The molecule has 1 saturated heterocycles. The Kier molecular flexibility index (Phi) is 1.90. The Bertz CT molecular complexity index is 179. The van der Waals surface area contributed by atoms with Crippen molar-refractivity contribution in [3.8, 4) is 0 Å². The highest BCUT2D eigenvalue weighted by Crippen LogP contribution is 2.31. The van der Waals surface area contributed by atoms with E-state index >= 15 is 0 Å². The molecule has 0 saturated carbocycles. The van der Waals surface area contributed by atoms with Crippen molar-refractivity contribution < 1.29 is 15.1 Å². The van der Waals surface area contributed by atoms with Gasteiger partial charge in [0.15, 0.2) is 0 Å². The van der Waals surface area contributed by atoms with E-state index in [1.165, 1.54) is 0 Å². The van der Waals surface area contributed by atoms with E-state index in [1.54, 1.807) is 13.8 Å². The van der Waals surface area contributed by atoms with Gasteiger partial charge in [-0.1, -0.05) is 0 Å². The summed E-state index contributed by atoms with van der Waals surface area (Å²) in [6, 6.07) is -0.829. The Hall–Kier alpha value is -0.610. The zero-order valence-corrected chi connectivity index (χ0v) is 6.70. The monoisotopic (exact) mass is 158 g/mol. The largest absolute Gasteiger partial charge is 0.480 e. The standard InChI is InChI=1S/C7H12NO3/c1-7(2)4-3-5(6(9)10)8(7)11/h5H,3-4H2,1-2H3,(H,9,10). The van der Waals surface area contributed by atoms with Crippen molar-refractivity contribution in [3.05, 3.63) is 0 Å². The van der Waals surface area contributed by atoms with Crippen LogP contribution in [0.15, 0.2) is 0 Å². The molecule has 1 aliphatic rings. The number of carboxylic acid groups (broad SMARTS) is 1. The van der Waals surface area contributed by atoms with Crippen molar-refractivity contribution in [1.82, 2.24) is 5.06 Å². The van der Waals surface area contributed by atoms with Crippen LogP contribution in [0.25, 0.3) is 0 Å². The molecule has 1 radical (unpaired) electrons. The van der Waals surface area contributed by atoms with Crippen LogP contribution in [0.1, 0.15) is 26.7 Å². The van der Waals surface area contributed by atoms with E-state index in [-0.39, 0.29) is 0 Å². The summed E-state index contributed by atoms with van der Waals surface area (Å²) in [6.45, 7) is 3.53. The van der Waals surface area contributed by atoms with E-state index in [0.29, 0.717) is 17.9 Å². The summed E-state index contributed by atoms with van der Waals surface area (Å²) in [5, 5.41) is 20.5. The zero-order valence-electron chi connectivity index (χ0n) is 6.70. The van der Waals surface area contributed by atoms with Crippen molar-refractivity contribution in [3.63, 3.8) is 0 Å². The molecule has 1 rings (SSSR count). The van der Waals surface area contributed by atoms with Crippen molar-refractivity contribution in [2.75, 3.05) is 0 Å². The van der Waals surface area contributed by atoms with Gasteiger partial charge in [-0.05, 0) is 26.7 Å². The van der Waals surface area contributed by atoms with Crippen LogP contribution >= 0.6 is 0 Å². The lowest BCUT2D eigenvalue weighted by atomic mass is 10.0. The zero-order chi connectivity index (χ0) is 8.65. The van der Waals surface area contributed by atoms with Crippen LogP contribution < -0.4 is 0 Å². The summed E-state index contributed by atoms with van der Waals surface area (Å²) in [4.78, 5) is 10.5. The summed E-state index contributed by atoms with van der Waals surface area (Å²) >= 11 is 0. The van der Waals surface area contributed by atoms with Crippen LogP contribution in [0.5, 0.6) is 0 Å². The molecular weight excluding hydrogens is 146 g/mol. The molecular formula is C7H12NO3. The van der Waals surface area contributed by atoms with Gasteiger partial charge in [-0.2, -0.15) is 0 Å². The van der Waals surface area contributed by atoms with Gasteiger partial charge in [0.05, 0.1) is 0 Å². The SMILES string of the molecule is CC1(C)CCC(C(=O)O)N1[O]. The maximum Gasteiger partial charge on any atom is 0.323 e. The fourth-order valence-electron chi connectivity index (χ4n) is 1.36. The third kappa shape index (κ3) is 1.36. The molecule has 1 N–H and O–H groups in total. The second-order valence-electron chi connectivity index (χ2n) is 3.53. The highest BCUT2D eigenvalue weighted by molar-refractivity contribution is 5.73. The fraction of sp³-hybridized carbons (Fsp3) is 0.857. The van der Waals surface area contributed by atoms with E-state index in [0.717, 1.165) is 0 Å². The van der Waals surface area contributed by atoms with Crippen molar-refractivity contribution in [1.29, 1.82) is 0 Å². The van der Waals surface area contributed by atoms with Crippen molar-refractivity contribution >= 4 is 5.97 Å². The van der Waals surface area contributed by atoms with Gasteiger partial charge in [0.25, 0.3) is 0 Å². The summed E-state index contributed by atoms with van der Waals surface area (Å²) in [5.41, 5.74) is -0.497. The number of rotatable bonds is 1. The highest BCUT2D eigenvalue weighted by atomic mass is 16.5. The molecule has 4 nitrogen and oxygen atoms in total. The second kappa shape index (κ2) is 2.46. The predicted molar refractivity (Wildman–Crippen MR) is 37.3 cm³/mol. The first-order chi connectivity index (χ1) is 4.95. The normalized spacial score (nSPS) is 30.6. The van der Waals surface area contributed by atoms with E-state index < -0.39 is 17.6 Å². The Labute approximate surface area is 65.4 Å². The lowest BCUT2D eigenvalue weighted by Gasteiger charge is -2.24. The maximum atomic E-state index is 11.2. The average Bonchev–Trinajstić information content (AvgIpc) is 2.09. The minimum atomic E-state index is -1.01. The van der Waals surface area contributed by atoms with Crippen molar-refractivity contribution in [2.45, 2.75) is 38.3 Å². The Morgan fingerprint density at radius 1 is 1.64 bits per heavy atom. The lowest BCUT2D eigenvalue weighted by molar-refractivity contribution is -0.224. The van der Waals surface area contributed by atoms with Gasteiger partial charge in [0, 0.05) is 5.54 Å². The molecule has 1 unspecified atom stereocenters. The molecule has 11 heavy (non-hydrogen) atoms. The summed E-state index contributed by atoms with van der Waals surface area (Å²) in [7, 11) is 0. The van der Waals surface area contributed by atoms with Gasteiger partial charge in [-0.15, -0.1) is 10.3 Å². The van der Waals surface area contributed by atoms with Crippen LogP contribution in [-0.4, -0.2) is 27.7 Å². The number of hydrogen-bond acceptors (Lipinski definition) is 2. The third-order valence-electron chi connectivity index (χ3n) is 2.19.